The fourth-order valence-corrected chi connectivity index (χ4v) is 3.89. The van der Waals surface area contributed by atoms with E-state index in [1.165, 1.54) is 18.6 Å². The Bertz CT molecular complexity index is 697. The Balaban J connectivity index is 1.66. The van der Waals surface area contributed by atoms with Crippen LogP contribution in [0.3, 0.4) is 0 Å². The molecule has 0 radical (unpaired) electrons. The van der Waals surface area contributed by atoms with Crippen LogP contribution in [0.4, 0.5) is 4.39 Å². The summed E-state index contributed by atoms with van der Waals surface area (Å²) in [6.07, 6.45) is 4.06. The molecule has 2 aromatic rings. The van der Waals surface area contributed by atoms with E-state index in [9.17, 15) is 9.18 Å². The summed E-state index contributed by atoms with van der Waals surface area (Å²) in [6.45, 7) is 4.23. The largest absolute Gasteiger partial charge is 0.354 e. The number of aromatic nitrogens is 2. The first-order valence-electron chi connectivity index (χ1n) is 8.70. The second-order valence-corrected chi connectivity index (χ2v) is 7.57. The summed E-state index contributed by atoms with van der Waals surface area (Å²) in [5, 5.41) is 12.9. The van der Waals surface area contributed by atoms with Crippen LogP contribution in [0.15, 0.2) is 24.3 Å². The second kappa shape index (κ2) is 8.49. The SMILES string of the molecule is Cc1nnc(CCNC(=O)[C@H](c2ccc(F)cc2)N2CCCCC2)s1. The molecule has 1 aromatic carbocycles. The van der Waals surface area contributed by atoms with Crippen molar-refractivity contribution in [3.63, 3.8) is 0 Å². The Kier molecular flexibility index (Phi) is 6.09. The Labute approximate surface area is 151 Å². The van der Waals surface area contributed by atoms with Gasteiger partial charge in [0.05, 0.1) is 0 Å². The maximum Gasteiger partial charge on any atom is 0.241 e. The van der Waals surface area contributed by atoms with Gasteiger partial charge in [0.15, 0.2) is 0 Å². The van der Waals surface area contributed by atoms with Crippen molar-refractivity contribution in [3.8, 4) is 0 Å². The predicted molar refractivity (Wildman–Crippen MR) is 95.9 cm³/mol. The second-order valence-electron chi connectivity index (χ2n) is 6.31. The molecule has 1 N–H and O–H groups in total. The van der Waals surface area contributed by atoms with E-state index in [0.717, 1.165) is 41.5 Å². The molecule has 7 heteroatoms. The molecule has 2 heterocycles. The van der Waals surface area contributed by atoms with Crippen LogP contribution in [0.25, 0.3) is 0 Å². The zero-order valence-corrected chi connectivity index (χ0v) is 15.2. The molecule has 1 fully saturated rings. The van der Waals surface area contributed by atoms with Crippen molar-refractivity contribution in [2.75, 3.05) is 19.6 Å². The van der Waals surface area contributed by atoms with Crippen molar-refractivity contribution >= 4 is 17.2 Å². The van der Waals surface area contributed by atoms with Crippen molar-refractivity contribution < 1.29 is 9.18 Å². The molecule has 1 saturated heterocycles. The molecule has 1 aromatic heterocycles. The Hall–Kier alpha value is -1.86. The third kappa shape index (κ3) is 4.83. The molecule has 1 aliphatic rings. The van der Waals surface area contributed by atoms with E-state index in [2.05, 4.69) is 20.4 Å². The number of carbonyl (C=O) groups excluding carboxylic acids is 1. The van der Waals surface area contributed by atoms with E-state index >= 15 is 0 Å². The highest BCUT2D eigenvalue weighted by Gasteiger charge is 2.28. The maximum absolute atomic E-state index is 13.3. The number of piperidine rings is 1. The summed E-state index contributed by atoms with van der Waals surface area (Å²) in [5.41, 5.74) is 0.840. The summed E-state index contributed by atoms with van der Waals surface area (Å²) in [4.78, 5) is 15.0. The quantitative estimate of drug-likeness (QED) is 0.858. The van der Waals surface area contributed by atoms with Gasteiger partial charge in [0, 0.05) is 13.0 Å². The van der Waals surface area contributed by atoms with Gasteiger partial charge in [0.25, 0.3) is 0 Å². The molecule has 5 nitrogen and oxygen atoms in total. The first kappa shape index (κ1) is 17.9. The molecule has 134 valence electrons. The summed E-state index contributed by atoms with van der Waals surface area (Å²) >= 11 is 1.55. The average molecular weight is 362 g/mol. The molecule has 0 saturated carbocycles. The van der Waals surface area contributed by atoms with Crippen LogP contribution >= 0.6 is 11.3 Å². The maximum atomic E-state index is 13.3. The van der Waals surface area contributed by atoms with Gasteiger partial charge in [0.2, 0.25) is 5.91 Å². The number of carbonyl (C=O) groups is 1. The van der Waals surface area contributed by atoms with Gasteiger partial charge in [0.1, 0.15) is 21.9 Å². The molecule has 1 aliphatic heterocycles. The van der Waals surface area contributed by atoms with E-state index in [0.29, 0.717) is 13.0 Å². The van der Waals surface area contributed by atoms with Gasteiger partial charge in [-0.25, -0.2) is 4.39 Å². The van der Waals surface area contributed by atoms with E-state index in [4.69, 9.17) is 0 Å². The fourth-order valence-electron chi connectivity index (χ4n) is 3.18. The normalized spacial score (nSPS) is 16.6. The number of aryl methyl sites for hydroxylation is 1. The number of rotatable bonds is 6. The van der Waals surface area contributed by atoms with Gasteiger partial charge in [-0.1, -0.05) is 18.6 Å². The van der Waals surface area contributed by atoms with Crippen molar-refractivity contribution in [2.24, 2.45) is 0 Å². The average Bonchev–Trinajstić information content (AvgIpc) is 3.03. The number of hydrogen-bond donors (Lipinski definition) is 1. The predicted octanol–water partition coefficient (Wildman–Crippen LogP) is 2.87. The van der Waals surface area contributed by atoms with Crippen LogP contribution in [-0.2, 0) is 11.2 Å². The van der Waals surface area contributed by atoms with E-state index < -0.39 is 0 Å². The molecule has 0 unspecified atom stereocenters. The number of hydrogen-bond acceptors (Lipinski definition) is 5. The summed E-state index contributed by atoms with van der Waals surface area (Å²) in [6, 6.07) is 5.90. The van der Waals surface area contributed by atoms with Gasteiger partial charge >= 0.3 is 0 Å². The van der Waals surface area contributed by atoms with Crippen LogP contribution in [0, 0.1) is 12.7 Å². The number of halogens is 1. The number of amides is 1. The highest BCUT2D eigenvalue weighted by atomic mass is 32.1. The summed E-state index contributed by atoms with van der Waals surface area (Å²) in [5.74, 6) is -0.317. The summed E-state index contributed by atoms with van der Waals surface area (Å²) < 4.78 is 13.3. The van der Waals surface area contributed by atoms with Crippen LogP contribution in [0.2, 0.25) is 0 Å². The van der Waals surface area contributed by atoms with Gasteiger partial charge in [-0.15, -0.1) is 21.5 Å². The van der Waals surface area contributed by atoms with Crippen molar-refractivity contribution in [2.45, 2.75) is 38.6 Å². The van der Waals surface area contributed by atoms with E-state index in [1.54, 1.807) is 23.5 Å². The monoisotopic (exact) mass is 362 g/mol. The lowest BCUT2D eigenvalue weighted by Gasteiger charge is -2.33. The smallest absolute Gasteiger partial charge is 0.241 e. The Morgan fingerprint density at radius 1 is 1.24 bits per heavy atom. The van der Waals surface area contributed by atoms with Crippen molar-refractivity contribution in [1.29, 1.82) is 0 Å². The molecule has 1 amide bonds. The molecule has 1 atom stereocenters. The van der Waals surface area contributed by atoms with E-state index in [-0.39, 0.29) is 17.8 Å². The standard InChI is InChI=1S/C18H23FN4OS/c1-13-21-22-16(25-13)9-10-20-18(24)17(23-11-3-2-4-12-23)14-5-7-15(19)8-6-14/h5-8,17H,2-4,9-12H2,1H3,(H,20,24)/t17-/m0/s1. The third-order valence-corrected chi connectivity index (χ3v) is 5.29. The fraction of sp³-hybridized carbons (Fsp3) is 0.500. The summed E-state index contributed by atoms with van der Waals surface area (Å²) in [7, 11) is 0. The highest BCUT2D eigenvalue weighted by Crippen LogP contribution is 2.25. The van der Waals surface area contributed by atoms with Crippen LogP contribution < -0.4 is 5.32 Å². The van der Waals surface area contributed by atoms with Crippen LogP contribution in [-0.4, -0.2) is 40.6 Å². The van der Waals surface area contributed by atoms with E-state index in [1.807, 2.05) is 6.92 Å². The zero-order chi connectivity index (χ0) is 17.6. The topological polar surface area (TPSA) is 58.1 Å². The molecule has 25 heavy (non-hydrogen) atoms. The molecular weight excluding hydrogens is 339 g/mol. The molecule has 0 bridgehead atoms. The van der Waals surface area contributed by atoms with Gasteiger partial charge < -0.3 is 5.32 Å². The lowest BCUT2D eigenvalue weighted by molar-refractivity contribution is -0.127. The third-order valence-electron chi connectivity index (χ3n) is 4.40. The van der Waals surface area contributed by atoms with Crippen molar-refractivity contribution in [3.05, 3.63) is 45.7 Å². The van der Waals surface area contributed by atoms with Gasteiger partial charge in [-0.05, 0) is 50.6 Å². The Morgan fingerprint density at radius 2 is 1.96 bits per heavy atom. The highest BCUT2D eigenvalue weighted by molar-refractivity contribution is 7.11. The minimum Gasteiger partial charge on any atom is -0.354 e. The zero-order valence-electron chi connectivity index (χ0n) is 14.4. The molecular formula is C18H23FN4OS. The van der Waals surface area contributed by atoms with Gasteiger partial charge in [-0.3, -0.25) is 9.69 Å². The number of likely N-dealkylation sites (tertiary alicyclic amines) is 1. The van der Waals surface area contributed by atoms with Gasteiger partial charge in [-0.2, -0.15) is 0 Å². The lowest BCUT2D eigenvalue weighted by atomic mass is 10.0. The minimum atomic E-state index is -0.364. The first-order valence-corrected chi connectivity index (χ1v) is 9.51. The minimum absolute atomic E-state index is 0.0326. The molecule has 3 rings (SSSR count). The molecule has 0 spiro atoms. The number of nitrogens with one attached hydrogen (secondary N) is 1. The number of nitrogens with zero attached hydrogens (tertiary/aromatic N) is 3. The first-order chi connectivity index (χ1) is 12.1. The Morgan fingerprint density at radius 3 is 2.60 bits per heavy atom. The number of benzene rings is 1. The van der Waals surface area contributed by atoms with Crippen molar-refractivity contribution in [1.82, 2.24) is 20.4 Å². The lowest BCUT2D eigenvalue weighted by Crippen LogP contribution is -2.43. The van der Waals surface area contributed by atoms with Crippen LogP contribution in [0.5, 0.6) is 0 Å². The van der Waals surface area contributed by atoms with Crippen LogP contribution in [0.1, 0.15) is 40.9 Å². The molecule has 0 aliphatic carbocycles.